The molecule has 1 fully saturated rings. The summed E-state index contributed by atoms with van der Waals surface area (Å²) in [5, 5.41) is 12.4. The predicted octanol–water partition coefficient (Wildman–Crippen LogP) is 4.50. The minimum Gasteiger partial charge on any atom is -0.496 e. The van der Waals surface area contributed by atoms with E-state index in [0.29, 0.717) is 24.7 Å². The molecule has 39 heavy (non-hydrogen) atoms. The molecule has 0 spiro atoms. The van der Waals surface area contributed by atoms with Crippen LogP contribution in [0.4, 0.5) is 5.69 Å². The fourth-order valence-electron chi connectivity index (χ4n) is 5.30. The summed E-state index contributed by atoms with van der Waals surface area (Å²) in [6.45, 7) is 8.48. The summed E-state index contributed by atoms with van der Waals surface area (Å²) in [5.41, 5.74) is 4.63. The van der Waals surface area contributed by atoms with E-state index < -0.39 is 0 Å². The average molecular weight is 532 g/mol. The highest BCUT2D eigenvalue weighted by Crippen LogP contribution is 2.39. The maximum absolute atomic E-state index is 13.4. The van der Waals surface area contributed by atoms with Crippen LogP contribution >= 0.6 is 0 Å². The van der Waals surface area contributed by atoms with Crippen molar-refractivity contribution in [3.8, 4) is 11.5 Å². The Morgan fingerprint density at radius 2 is 1.46 bits per heavy atom. The Labute approximate surface area is 232 Å². The van der Waals surface area contributed by atoms with E-state index in [1.807, 2.05) is 36.4 Å². The topological polar surface area (TPSA) is 74.3 Å². The number of anilines is 1. The van der Waals surface area contributed by atoms with Crippen LogP contribution in [0.5, 0.6) is 11.5 Å². The highest BCUT2D eigenvalue weighted by Gasteiger charge is 2.30. The summed E-state index contributed by atoms with van der Waals surface area (Å²) in [7, 11) is 3.43. The molecule has 208 valence electrons. The van der Waals surface area contributed by atoms with Gasteiger partial charge in [-0.1, -0.05) is 62.4 Å². The van der Waals surface area contributed by atoms with E-state index in [0.717, 1.165) is 59.9 Å². The number of para-hydroxylation sites is 2. The van der Waals surface area contributed by atoms with Crippen LogP contribution in [-0.4, -0.2) is 68.5 Å². The van der Waals surface area contributed by atoms with Gasteiger partial charge < -0.3 is 19.9 Å². The molecular weight excluding hydrogens is 490 g/mol. The normalized spacial score (nSPS) is 14.5. The molecule has 0 amide bonds. The molecule has 7 nitrogen and oxygen atoms in total. The molecule has 0 aromatic heterocycles. The van der Waals surface area contributed by atoms with Gasteiger partial charge in [-0.15, -0.1) is 0 Å². The van der Waals surface area contributed by atoms with Gasteiger partial charge in [0, 0.05) is 56.0 Å². The lowest BCUT2D eigenvalue weighted by Crippen LogP contribution is -2.47. The maximum atomic E-state index is 13.4. The fraction of sp³-hybridized carbons (Fsp3) is 0.406. The quantitative estimate of drug-likeness (QED) is 0.377. The Bertz CT molecular complexity index is 1240. The highest BCUT2D eigenvalue weighted by molar-refractivity contribution is 5.48. The van der Waals surface area contributed by atoms with Gasteiger partial charge in [-0.2, -0.15) is 0 Å². The second-order valence-electron chi connectivity index (χ2n) is 10.2. The molecule has 4 rings (SSSR count). The van der Waals surface area contributed by atoms with Crippen LogP contribution in [-0.2, 0) is 6.54 Å². The van der Waals surface area contributed by atoms with E-state index >= 15 is 0 Å². The molecule has 0 unspecified atom stereocenters. The number of aliphatic hydroxyl groups is 1. The predicted molar refractivity (Wildman–Crippen MR) is 157 cm³/mol. The van der Waals surface area contributed by atoms with Crippen LogP contribution in [0.25, 0.3) is 0 Å². The van der Waals surface area contributed by atoms with Crippen molar-refractivity contribution in [1.82, 2.24) is 9.80 Å². The van der Waals surface area contributed by atoms with Crippen molar-refractivity contribution in [2.75, 3.05) is 58.9 Å². The molecule has 2 N–H and O–H groups in total. The van der Waals surface area contributed by atoms with Crippen molar-refractivity contribution in [3.63, 3.8) is 0 Å². The lowest BCUT2D eigenvalue weighted by atomic mass is 9.94. The van der Waals surface area contributed by atoms with E-state index in [2.05, 4.69) is 59.3 Å². The Hall–Kier alpha value is -3.39. The van der Waals surface area contributed by atoms with Gasteiger partial charge in [-0.25, -0.2) is 0 Å². The first kappa shape index (κ1) is 28.6. The van der Waals surface area contributed by atoms with Gasteiger partial charge in [0.05, 0.1) is 32.6 Å². The monoisotopic (exact) mass is 531 g/mol. The summed E-state index contributed by atoms with van der Waals surface area (Å²) in [6.07, 6.45) is 0. The fourth-order valence-corrected chi connectivity index (χ4v) is 5.30. The Balaban J connectivity index is 1.58. The summed E-state index contributed by atoms with van der Waals surface area (Å²) < 4.78 is 11.5. The van der Waals surface area contributed by atoms with Crippen LogP contribution in [0.15, 0.2) is 71.5 Å². The Kier molecular flexibility index (Phi) is 9.98. The standard InChI is InChI=1S/C32H41N3O4/c1-23(2)24-13-14-25(32(37)28(21-24)33-15-20-36)22-34-16-18-35(19-17-34)31(26-9-5-7-11-29(26)38-3)27-10-6-8-12-30(27)39-4/h5-14,21,23,31,36H,15-20,22H2,1-4H3,(H,33,37). The second kappa shape index (κ2) is 13.6. The number of nitrogens with one attached hydrogen (secondary N) is 1. The van der Waals surface area contributed by atoms with E-state index in [-0.39, 0.29) is 18.1 Å². The number of hydrogen-bond acceptors (Lipinski definition) is 7. The van der Waals surface area contributed by atoms with Gasteiger partial charge in [0.2, 0.25) is 5.43 Å². The van der Waals surface area contributed by atoms with Crippen molar-refractivity contribution in [1.29, 1.82) is 0 Å². The zero-order valence-electron chi connectivity index (χ0n) is 23.5. The molecule has 7 heteroatoms. The van der Waals surface area contributed by atoms with Gasteiger partial charge in [-0.3, -0.25) is 14.6 Å². The van der Waals surface area contributed by atoms with E-state index in [1.165, 1.54) is 0 Å². The molecule has 0 bridgehead atoms. The minimum atomic E-state index is -0.0219. The number of rotatable bonds is 11. The molecule has 1 aliphatic rings. The van der Waals surface area contributed by atoms with E-state index in [9.17, 15) is 9.90 Å². The Morgan fingerprint density at radius 3 is 2.00 bits per heavy atom. The summed E-state index contributed by atoms with van der Waals surface area (Å²) >= 11 is 0. The van der Waals surface area contributed by atoms with Crippen molar-refractivity contribution in [3.05, 3.63) is 99.2 Å². The molecule has 0 saturated carbocycles. The first-order chi connectivity index (χ1) is 19.0. The molecule has 0 aliphatic carbocycles. The lowest BCUT2D eigenvalue weighted by Gasteiger charge is -2.40. The van der Waals surface area contributed by atoms with E-state index in [4.69, 9.17) is 9.47 Å². The minimum absolute atomic E-state index is 0.00120. The van der Waals surface area contributed by atoms with Gasteiger partial charge in [0.15, 0.2) is 0 Å². The number of benzene rings is 2. The van der Waals surface area contributed by atoms with Crippen LogP contribution in [0.1, 0.15) is 48.1 Å². The lowest BCUT2D eigenvalue weighted by molar-refractivity contribution is 0.103. The third-order valence-corrected chi connectivity index (χ3v) is 7.45. The largest absolute Gasteiger partial charge is 0.496 e. The van der Waals surface area contributed by atoms with Gasteiger partial charge in [0.25, 0.3) is 0 Å². The smallest absolute Gasteiger partial charge is 0.206 e. The van der Waals surface area contributed by atoms with Crippen molar-refractivity contribution >= 4 is 5.69 Å². The number of hydrogen-bond donors (Lipinski definition) is 2. The van der Waals surface area contributed by atoms with Gasteiger partial charge in [-0.05, 0) is 29.7 Å². The molecule has 1 aliphatic heterocycles. The number of ether oxygens (including phenoxy) is 2. The zero-order valence-corrected chi connectivity index (χ0v) is 23.5. The molecular formula is C32H41N3O4. The Morgan fingerprint density at radius 1 is 0.872 bits per heavy atom. The van der Waals surface area contributed by atoms with Crippen LogP contribution in [0.2, 0.25) is 0 Å². The van der Waals surface area contributed by atoms with Gasteiger partial charge in [0.1, 0.15) is 11.5 Å². The van der Waals surface area contributed by atoms with Crippen LogP contribution < -0.4 is 20.2 Å². The molecule has 1 saturated heterocycles. The summed E-state index contributed by atoms with van der Waals surface area (Å²) in [6, 6.07) is 22.3. The first-order valence-corrected chi connectivity index (χ1v) is 13.7. The van der Waals surface area contributed by atoms with Gasteiger partial charge >= 0.3 is 0 Å². The number of nitrogens with zero attached hydrogens (tertiary/aromatic N) is 2. The van der Waals surface area contributed by atoms with E-state index in [1.54, 1.807) is 14.2 Å². The number of aliphatic hydroxyl groups excluding tert-OH is 1. The number of piperazine rings is 1. The van der Waals surface area contributed by atoms with Crippen LogP contribution in [0.3, 0.4) is 0 Å². The highest BCUT2D eigenvalue weighted by atomic mass is 16.5. The molecule has 3 aromatic rings. The molecule has 0 atom stereocenters. The van der Waals surface area contributed by atoms with Crippen molar-refractivity contribution in [2.24, 2.45) is 0 Å². The summed E-state index contributed by atoms with van der Waals surface area (Å²) in [5.74, 6) is 2.00. The first-order valence-electron chi connectivity index (χ1n) is 13.7. The molecule has 0 radical (unpaired) electrons. The molecule has 1 heterocycles. The number of methoxy groups -OCH3 is 2. The second-order valence-corrected chi connectivity index (χ2v) is 10.2. The molecule has 3 aromatic carbocycles. The summed E-state index contributed by atoms with van der Waals surface area (Å²) in [4.78, 5) is 18.2. The average Bonchev–Trinajstić information content (AvgIpc) is 3.12. The SMILES string of the molecule is COc1ccccc1C(c1ccccc1OC)N1CCN(Cc2ccc(C(C)C)cc(NCCO)c2=O)CC1. The van der Waals surface area contributed by atoms with Crippen LogP contribution in [0, 0.1) is 0 Å². The van der Waals surface area contributed by atoms with Crippen molar-refractivity contribution in [2.45, 2.75) is 32.4 Å². The van der Waals surface area contributed by atoms with Crippen molar-refractivity contribution < 1.29 is 14.6 Å². The third-order valence-electron chi connectivity index (χ3n) is 7.45. The maximum Gasteiger partial charge on any atom is 0.206 e. The third kappa shape index (κ3) is 6.79. The zero-order chi connectivity index (χ0) is 27.8.